The number of hydrogen-bond donors (Lipinski definition) is 1. The van der Waals surface area contributed by atoms with E-state index in [1.165, 1.54) is 4.90 Å². The molecule has 0 amide bonds. The van der Waals surface area contributed by atoms with Crippen LogP contribution >= 0.6 is 11.8 Å². The van der Waals surface area contributed by atoms with Crippen LogP contribution < -0.4 is 5.32 Å². The van der Waals surface area contributed by atoms with Crippen molar-refractivity contribution in [3.8, 4) is 11.8 Å². The van der Waals surface area contributed by atoms with Gasteiger partial charge in [0.1, 0.15) is 0 Å². The monoisotopic (exact) mass is 205 g/mol. The molecule has 0 aliphatic rings. The van der Waals surface area contributed by atoms with E-state index in [2.05, 4.69) is 35.5 Å². The molecule has 1 N–H and O–H groups in total. The maximum atomic E-state index is 3.15. The van der Waals surface area contributed by atoms with Gasteiger partial charge in [-0.25, -0.2) is 0 Å². The van der Waals surface area contributed by atoms with E-state index in [0.29, 0.717) is 0 Å². The summed E-state index contributed by atoms with van der Waals surface area (Å²) in [6.07, 6.45) is 2.98. The van der Waals surface area contributed by atoms with Crippen molar-refractivity contribution in [1.29, 1.82) is 0 Å². The number of rotatable bonds is 3. The van der Waals surface area contributed by atoms with Gasteiger partial charge in [0.05, 0.1) is 0 Å². The molecule has 0 heterocycles. The van der Waals surface area contributed by atoms with Crippen LogP contribution in [0.3, 0.4) is 0 Å². The maximum Gasteiger partial charge on any atom is 0.0256 e. The minimum absolute atomic E-state index is 0.903. The van der Waals surface area contributed by atoms with E-state index >= 15 is 0 Å². The molecule has 1 nitrogen and oxygen atoms in total. The molecule has 0 aromatic heterocycles. The Bertz CT molecular complexity index is 336. The second kappa shape index (κ2) is 6.53. The van der Waals surface area contributed by atoms with Crippen LogP contribution in [0.5, 0.6) is 0 Å². The van der Waals surface area contributed by atoms with Crippen molar-refractivity contribution in [2.45, 2.75) is 11.3 Å². The molecule has 0 unspecified atom stereocenters. The molecule has 1 aromatic carbocycles. The van der Waals surface area contributed by atoms with Crippen LogP contribution in [0, 0.1) is 11.8 Å². The Kier molecular flexibility index (Phi) is 5.21. The molecule has 1 aromatic rings. The fourth-order valence-corrected chi connectivity index (χ4v) is 1.51. The molecule has 0 aliphatic carbocycles. The Morgan fingerprint density at radius 1 is 1.43 bits per heavy atom. The Morgan fingerprint density at radius 2 is 2.29 bits per heavy atom. The van der Waals surface area contributed by atoms with Gasteiger partial charge in [-0.3, -0.25) is 0 Å². The molecular weight excluding hydrogens is 190 g/mol. The lowest BCUT2D eigenvalue weighted by atomic mass is 10.2. The largest absolute Gasteiger partial charge is 0.319 e. The van der Waals surface area contributed by atoms with Gasteiger partial charge in [0.2, 0.25) is 0 Å². The van der Waals surface area contributed by atoms with E-state index in [-0.39, 0.29) is 0 Å². The summed E-state index contributed by atoms with van der Waals surface area (Å²) in [5.41, 5.74) is 1.10. The summed E-state index contributed by atoms with van der Waals surface area (Å²) in [5.74, 6) is 6.28. The van der Waals surface area contributed by atoms with Crippen molar-refractivity contribution in [3.63, 3.8) is 0 Å². The van der Waals surface area contributed by atoms with Gasteiger partial charge in [-0.2, -0.15) is 0 Å². The molecule has 0 atom stereocenters. The third-order valence-electron chi connectivity index (χ3n) is 1.80. The first-order chi connectivity index (χ1) is 6.86. The average Bonchev–Trinajstić information content (AvgIpc) is 2.25. The summed E-state index contributed by atoms with van der Waals surface area (Å²) < 4.78 is 0. The summed E-state index contributed by atoms with van der Waals surface area (Å²) in [7, 11) is 1.94. The Labute approximate surface area is 90.3 Å². The van der Waals surface area contributed by atoms with Gasteiger partial charge in [-0.1, -0.05) is 17.9 Å². The SMILES string of the molecule is CNCCC#Cc1cccc(SC)c1. The van der Waals surface area contributed by atoms with Gasteiger partial charge in [0.25, 0.3) is 0 Å². The summed E-state index contributed by atoms with van der Waals surface area (Å²) in [6.45, 7) is 0.954. The highest BCUT2D eigenvalue weighted by molar-refractivity contribution is 7.98. The first-order valence-corrected chi connectivity index (χ1v) is 5.87. The van der Waals surface area contributed by atoms with Crippen LogP contribution in [0.2, 0.25) is 0 Å². The summed E-state index contributed by atoms with van der Waals surface area (Å²) in [4.78, 5) is 1.27. The molecule has 1 rings (SSSR count). The van der Waals surface area contributed by atoms with Crippen LogP contribution in [-0.4, -0.2) is 19.8 Å². The topological polar surface area (TPSA) is 12.0 Å². The highest BCUT2D eigenvalue weighted by atomic mass is 32.2. The van der Waals surface area contributed by atoms with E-state index in [0.717, 1.165) is 18.5 Å². The van der Waals surface area contributed by atoms with Crippen LogP contribution in [-0.2, 0) is 0 Å². The lowest BCUT2D eigenvalue weighted by molar-refractivity contribution is 0.818. The summed E-state index contributed by atoms with van der Waals surface area (Å²) in [5, 5.41) is 3.07. The minimum atomic E-state index is 0.903. The molecule has 0 saturated carbocycles. The van der Waals surface area contributed by atoms with E-state index in [9.17, 15) is 0 Å². The molecule has 2 heteroatoms. The van der Waals surface area contributed by atoms with E-state index in [1.54, 1.807) is 11.8 Å². The van der Waals surface area contributed by atoms with Crippen LogP contribution in [0.1, 0.15) is 12.0 Å². The third-order valence-corrected chi connectivity index (χ3v) is 2.53. The van der Waals surface area contributed by atoms with Gasteiger partial charge in [0.15, 0.2) is 0 Å². The van der Waals surface area contributed by atoms with E-state index in [1.807, 2.05) is 19.2 Å². The van der Waals surface area contributed by atoms with Crippen molar-refractivity contribution in [2.24, 2.45) is 0 Å². The quantitative estimate of drug-likeness (QED) is 0.462. The summed E-state index contributed by atoms with van der Waals surface area (Å²) >= 11 is 1.75. The number of benzene rings is 1. The Hall–Kier alpha value is -0.910. The molecule has 0 saturated heterocycles. The second-order valence-electron chi connectivity index (χ2n) is 2.89. The molecule has 0 fully saturated rings. The van der Waals surface area contributed by atoms with Crippen LogP contribution in [0.15, 0.2) is 29.2 Å². The number of thioether (sulfide) groups is 1. The van der Waals surface area contributed by atoms with Crippen molar-refractivity contribution < 1.29 is 0 Å². The lowest BCUT2D eigenvalue weighted by Gasteiger charge is -1.95. The van der Waals surface area contributed by atoms with Crippen LogP contribution in [0.4, 0.5) is 0 Å². The molecule has 0 spiro atoms. The van der Waals surface area contributed by atoms with Gasteiger partial charge in [0, 0.05) is 23.4 Å². The minimum Gasteiger partial charge on any atom is -0.319 e. The standard InChI is InChI=1S/C12H15NS/c1-13-9-4-3-6-11-7-5-8-12(10-11)14-2/h5,7-8,10,13H,4,9H2,1-2H3. The zero-order chi connectivity index (χ0) is 10.2. The zero-order valence-corrected chi connectivity index (χ0v) is 9.45. The van der Waals surface area contributed by atoms with Crippen LogP contribution in [0.25, 0.3) is 0 Å². The number of hydrogen-bond acceptors (Lipinski definition) is 2. The molecule has 0 aliphatic heterocycles. The molecule has 0 bridgehead atoms. The highest BCUT2D eigenvalue weighted by Gasteiger charge is 1.89. The van der Waals surface area contributed by atoms with Crippen molar-refractivity contribution >= 4 is 11.8 Å². The van der Waals surface area contributed by atoms with E-state index < -0.39 is 0 Å². The normalized spacial score (nSPS) is 9.29. The zero-order valence-electron chi connectivity index (χ0n) is 8.63. The Morgan fingerprint density at radius 3 is 3.00 bits per heavy atom. The maximum absolute atomic E-state index is 3.15. The van der Waals surface area contributed by atoms with E-state index in [4.69, 9.17) is 0 Å². The predicted octanol–water partition coefficient (Wildman–Crippen LogP) is 2.37. The van der Waals surface area contributed by atoms with Gasteiger partial charge in [-0.05, 0) is 31.5 Å². The molecule has 14 heavy (non-hydrogen) atoms. The third kappa shape index (κ3) is 3.87. The first-order valence-electron chi connectivity index (χ1n) is 4.64. The van der Waals surface area contributed by atoms with Crippen molar-refractivity contribution in [3.05, 3.63) is 29.8 Å². The molecule has 74 valence electrons. The van der Waals surface area contributed by atoms with Gasteiger partial charge < -0.3 is 5.32 Å². The van der Waals surface area contributed by atoms with Gasteiger partial charge >= 0.3 is 0 Å². The van der Waals surface area contributed by atoms with Crippen molar-refractivity contribution in [1.82, 2.24) is 5.32 Å². The lowest BCUT2D eigenvalue weighted by Crippen LogP contribution is -2.05. The fourth-order valence-electron chi connectivity index (χ4n) is 1.05. The molecular formula is C12H15NS. The number of nitrogens with one attached hydrogen (secondary N) is 1. The van der Waals surface area contributed by atoms with Gasteiger partial charge in [-0.15, -0.1) is 11.8 Å². The van der Waals surface area contributed by atoms with Crippen molar-refractivity contribution in [2.75, 3.05) is 19.8 Å². The highest BCUT2D eigenvalue weighted by Crippen LogP contribution is 2.14. The average molecular weight is 205 g/mol. The Balaban J connectivity index is 2.60. The fraction of sp³-hybridized carbons (Fsp3) is 0.333. The summed E-state index contributed by atoms with van der Waals surface area (Å²) in [6, 6.07) is 8.32. The smallest absolute Gasteiger partial charge is 0.0256 e. The predicted molar refractivity (Wildman–Crippen MR) is 63.6 cm³/mol. The molecule has 0 radical (unpaired) electrons. The first kappa shape index (κ1) is 11.2. The second-order valence-corrected chi connectivity index (χ2v) is 3.77.